The van der Waals surface area contributed by atoms with Crippen LogP contribution >= 0.6 is 12.6 Å². The second-order valence-electron chi connectivity index (χ2n) is 5.84. The Bertz CT molecular complexity index is 342. The molecular formula is C14H31N3O3S. The number of amidine groups is 1. The third-order valence-corrected chi connectivity index (χ3v) is 2.69. The Labute approximate surface area is 133 Å². The van der Waals surface area contributed by atoms with Crippen molar-refractivity contribution in [2.75, 3.05) is 13.1 Å². The summed E-state index contributed by atoms with van der Waals surface area (Å²) in [6, 6.07) is 0. The zero-order valence-corrected chi connectivity index (χ0v) is 14.4. The van der Waals surface area contributed by atoms with Crippen molar-refractivity contribution in [1.82, 2.24) is 5.32 Å². The summed E-state index contributed by atoms with van der Waals surface area (Å²) in [5.74, 6) is 0.446. The van der Waals surface area contributed by atoms with Crippen LogP contribution in [0.3, 0.4) is 0 Å². The van der Waals surface area contributed by atoms with Crippen molar-refractivity contribution < 1.29 is 15.7 Å². The molecule has 7 heteroatoms. The lowest BCUT2D eigenvalue weighted by atomic mass is 9.94. The second kappa shape index (κ2) is 11.7. The molecule has 1 fully saturated rings. The van der Waals surface area contributed by atoms with Crippen LogP contribution in [0.15, 0.2) is 16.5 Å². The zero-order valence-electron chi connectivity index (χ0n) is 13.5. The molecule has 0 unspecified atom stereocenters. The summed E-state index contributed by atoms with van der Waals surface area (Å²) in [5, 5.41) is 3.22. The van der Waals surface area contributed by atoms with Crippen LogP contribution in [0, 0.1) is 11.3 Å². The van der Waals surface area contributed by atoms with E-state index in [0.717, 1.165) is 30.8 Å². The van der Waals surface area contributed by atoms with Crippen molar-refractivity contribution >= 4 is 24.4 Å². The van der Waals surface area contributed by atoms with Gasteiger partial charge < -0.3 is 22.0 Å². The molecule has 0 radical (unpaired) electrons. The number of allylic oxidation sites excluding steroid dienone is 1. The minimum atomic E-state index is -0.220. The van der Waals surface area contributed by atoms with E-state index >= 15 is 0 Å². The van der Waals surface area contributed by atoms with Crippen LogP contribution in [0.5, 0.6) is 0 Å². The smallest absolute Gasteiger partial charge is 0.250 e. The molecule has 0 atom stereocenters. The minimum Gasteiger partial charge on any atom is -0.412 e. The maximum atomic E-state index is 11.8. The van der Waals surface area contributed by atoms with Gasteiger partial charge in [0.15, 0.2) is 0 Å². The molecular weight excluding hydrogens is 290 g/mol. The van der Waals surface area contributed by atoms with E-state index < -0.39 is 0 Å². The van der Waals surface area contributed by atoms with Crippen molar-refractivity contribution in [3.05, 3.63) is 11.5 Å². The number of rotatable bonds is 1. The number of nitrogens with two attached hydrogens (primary N) is 1. The number of nitrogens with zero attached hydrogens (tertiary/aromatic N) is 1. The lowest BCUT2D eigenvalue weighted by Gasteiger charge is -2.21. The van der Waals surface area contributed by atoms with Crippen molar-refractivity contribution in [3.8, 4) is 0 Å². The number of amides is 1. The fraction of sp³-hybridized carbons (Fsp3) is 0.714. The molecule has 1 saturated heterocycles. The summed E-state index contributed by atoms with van der Waals surface area (Å²) >= 11 is 3.77. The summed E-state index contributed by atoms with van der Waals surface area (Å²) < 4.78 is 0. The van der Waals surface area contributed by atoms with Crippen LogP contribution in [-0.4, -0.2) is 35.8 Å². The van der Waals surface area contributed by atoms with Crippen LogP contribution in [0.2, 0.25) is 0 Å². The molecule has 6 nitrogen and oxygen atoms in total. The van der Waals surface area contributed by atoms with Crippen molar-refractivity contribution in [3.63, 3.8) is 0 Å². The van der Waals surface area contributed by atoms with E-state index in [0.29, 0.717) is 5.84 Å². The van der Waals surface area contributed by atoms with Crippen LogP contribution < -0.4 is 11.1 Å². The SMILES string of the molecule is C=C(C)S.CC(C)(C)C(N)=NC(=O)C1CCNCC1.O.O. The quantitative estimate of drug-likeness (QED) is 0.373. The van der Waals surface area contributed by atoms with Gasteiger partial charge in [0.05, 0.1) is 0 Å². The van der Waals surface area contributed by atoms with Gasteiger partial charge in [-0.25, -0.2) is 0 Å². The first kappa shape index (κ1) is 25.1. The first-order valence-electron chi connectivity index (χ1n) is 6.58. The van der Waals surface area contributed by atoms with Gasteiger partial charge in [0, 0.05) is 11.3 Å². The predicted octanol–water partition coefficient (Wildman–Crippen LogP) is 0.716. The van der Waals surface area contributed by atoms with Gasteiger partial charge in [0.2, 0.25) is 0 Å². The number of hydrogen-bond donors (Lipinski definition) is 3. The summed E-state index contributed by atoms with van der Waals surface area (Å²) in [5.41, 5.74) is 5.55. The van der Waals surface area contributed by atoms with Crippen LogP contribution in [0.4, 0.5) is 0 Å². The van der Waals surface area contributed by atoms with Crippen LogP contribution in [0.25, 0.3) is 0 Å². The van der Waals surface area contributed by atoms with Gasteiger partial charge in [-0.1, -0.05) is 27.4 Å². The second-order valence-corrected chi connectivity index (χ2v) is 6.61. The maximum Gasteiger partial charge on any atom is 0.250 e. The maximum absolute atomic E-state index is 11.8. The number of hydrogen-bond acceptors (Lipinski definition) is 3. The molecule has 1 rings (SSSR count). The molecule has 1 amide bonds. The highest BCUT2D eigenvalue weighted by Gasteiger charge is 2.23. The van der Waals surface area contributed by atoms with Gasteiger partial charge in [-0.05, 0) is 37.8 Å². The van der Waals surface area contributed by atoms with Gasteiger partial charge in [0.1, 0.15) is 5.84 Å². The molecule has 1 aliphatic rings. The molecule has 0 aromatic carbocycles. The van der Waals surface area contributed by atoms with Crippen molar-refractivity contribution in [2.45, 2.75) is 40.5 Å². The van der Waals surface area contributed by atoms with E-state index in [1.165, 1.54) is 0 Å². The average molecular weight is 321 g/mol. The Morgan fingerprint density at radius 2 is 1.67 bits per heavy atom. The third-order valence-electron chi connectivity index (χ3n) is 2.69. The molecule has 0 spiro atoms. The highest BCUT2D eigenvalue weighted by atomic mass is 32.1. The molecule has 0 bridgehead atoms. The standard InChI is InChI=1S/C11H21N3O.C3H6S.2H2O/c1-11(2,3)10(12)14-9(15)8-4-6-13-7-5-8;1-3(2)4;;/h8,13H,4-7H2,1-3H3,(H2,12,14,15);4H,1H2,2H3;2*1H2. The Balaban J connectivity index is -0.000000482. The van der Waals surface area contributed by atoms with Gasteiger partial charge in [-0.3, -0.25) is 4.79 Å². The van der Waals surface area contributed by atoms with E-state index in [2.05, 4.69) is 29.5 Å². The Morgan fingerprint density at radius 1 is 1.29 bits per heavy atom. The van der Waals surface area contributed by atoms with E-state index in [9.17, 15) is 4.79 Å². The summed E-state index contributed by atoms with van der Waals surface area (Å²) in [7, 11) is 0. The number of thiol groups is 1. The average Bonchev–Trinajstić information content (AvgIpc) is 2.28. The molecule has 21 heavy (non-hydrogen) atoms. The Kier molecular flexibility index (Phi) is 14.0. The lowest BCUT2D eigenvalue weighted by molar-refractivity contribution is -0.122. The Morgan fingerprint density at radius 3 is 2.00 bits per heavy atom. The van der Waals surface area contributed by atoms with Gasteiger partial charge in [0.25, 0.3) is 5.91 Å². The van der Waals surface area contributed by atoms with Gasteiger partial charge >= 0.3 is 0 Å². The summed E-state index contributed by atoms with van der Waals surface area (Å²) in [6.45, 7) is 12.9. The molecule has 0 aliphatic carbocycles. The molecule has 1 heterocycles. The lowest BCUT2D eigenvalue weighted by Crippen LogP contribution is -2.34. The highest BCUT2D eigenvalue weighted by Crippen LogP contribution is 2.17. The Hall–Kier alpha value is -0.890. The monoisotopic (exact) mass is 321 g/mol. The minimum absolute atomic E-state index is 0. The van der Waals surface area contributed by atoms with Crippen LogP contribution in [0.1, 0.15) is 40.5 Å². The molecule has 126 valence electrons. The molecule has 1 aliphatic heterocycles. The number of piperidine rings is 1. The van der Waals surface area contributed by atoms with E-state index in [1.807, 2.05) is 27.7 Å². The molecule has 0 aromatic heterocycles. The van der Waals surface area contributed by atoms with Crippen molar-refractivity contribution in [1.29, 1.82) is 0 Å². The summed E-state index contributed by atoms with van der Waals surface area (Å²) in [6.07, 6.45) is 1.75. The van der Waals surface area contributed by atoms with E-state index in [4.69, 9.17) is 5.73 Å². The highest BCUT2D eigenvalue weighted by molar-refractivity contribution is 7.84. The fourth-order valence-electron chi connectivity index (χ4n) is 1.45. The number of carbonyl (C=O) groups is 1. The van der Waals surface area contributed by atoms with E-state index in [-0.39, 0.29) is 28.2 Å². The van der Waals surface area contributed by atoms with Crippen LogP contribution in [-0.2, 0) is 4.79 Å². The van der Waals surface area contributed by atoms with Crippen molar-refractivity contribution in [2.24, 2.45) is 22.1 Å². The fourth-order valence-corrected chi connectivity index (χ4v) is 1.45. The zero-order chi connectivity index (χ0) is 15.1. The molecule has 7 N–H and O–H groups in total. The third kappa shape index (κ3) is 12.6. The number of carbonyl (C=O) groups excluding carboxylic acids is 1. The topological polar surface area (TPSA) is 130 Å². The number of nitrogens with one attached hydrogen (secondary N) is 1. The normalized spacial score (nSPS) is 15.8. The molecule has 0 aromatic rings. The first-order valence-corrected chi connectivity index (χ1v) is 7.03. The van der Waals surface area contributed by atoms with E-state index in [1.54, 1.807) is 0 Å². The molecule has 0 saturated carbocycles. The predicted molar refractivity (Wildman–Crippen MR) is 92.7 cm³/mol. The number of aliphatic imine (C=N–C) groups is 1. The van der Waals surface area contributed by atoms with Gasteiger partial charge in [-0.15, -0.1) is 12.6 Å². The first-order chi connectivity index (χ1) is 8.64. The largest absolute Gasteiger partial charge is 0.412 e. The summed E-state index contributed by atoms with van der Waals surface area (Å²) in [4.78, 5) is 16.6. The van der Waals surface area contributed by atoms with Gasteiger partial charge in [-0.2, -0.15) is 4.99 Å².